The Labute approximate surface area is 185 Å². The highest BCUT2D eigenvalue weighted by Gasteiger charge is 2.27. The quantitative estimate of drug-likeness (QED) is 0.342. The van der Waals surface area contributed by atoms with Gasteiger partial charge in [0.2, 0.25) is 0 Å². The summed E-state index contributed by atoms with van der Waals surface area (Å²) in [5, 5.41) is 0. The molecule has 0 saturated carbocycles. The number of unbranched alkanes of at least 4 members (excludes halogenated alkanes) is 4. The van der Waals surface area contributed by atoms with E-state index >= 15 is 0 Å². The Hall–Kier alpha value is -1.81. The first kappa shape index (κ1) is 23.8. The molecule has 2 aromatic rings. The SMILES string of the molecule is CCCCCCCC1CCC(c2ccc(-c3ccc(CCC)c(F)c3)c(F)c2F)OC1. The maximum Gasteiger partial charge on any atom is 0.167 e. The highest BCUT2D eigenvalue weighted by Crippen LogP contribution is 2.37. The first-order chi connectivity index (χ1) is 15.0. The molecule has 0 aromatic heterocycles. The average Bonchev–Trinajstić information content (AvgIpc) is 2.78. The Morgan fingerprint density at radius 2 is 1.68 bits per heavy atom. The molecule has 1 fully saturated rings. The van der Waals surface area contributed by atoms with Crippen molar-refractivity contribution in [2.45, 2.75) is 84.2 Å². The third-order valence-corrected chi connectivity index (χ3v) is 6.43. The highest BCUT2D eigenvalue weighted by atomic mass is 19.2. The summed E-state index contributed by atoms with van der Waals surface area (Å²) in [4.78, 5) is 0. The minimum atomic E-state index is -0.929. The number of rotatable bonds is 10. The summed E-state index contributed by atoms with van der Waals surface area (Å²) < 4.78 is 50.0. The second kappa shape index (κ2) is 11.7. The lowest BCUT2D eigenvalue weighted by molar-refractivity contribution is -0.0218. The van der Waals surface area contributed by atoms with E-state index in [9.17, 15) is 13.2 Å². The normalized spacial score (nSPS) is 19.0. The van der Waals surface area contributed by atoms with E-state index in [1.165, 1.54) is 38.2 Å². The van der Waals surface area contributed by atoms with Crippen LogP contribution in [-0.2, 0) is 11.2 Å². The second-order valence-electron chi connectivity index (χ2n) is 8.85. The van der Waals surface area contributed by atoms with Crippen molar-refractivity contribution in [3.05, 3.63) is 58.9 Å². The number of benzene rings is 2. The second-order valence-corrected chi connectivity index (χ2v) is 8.85. The molecule has 0 N–H and O–H groups in total. The number of halogens is 3. The van der Waals surface area contributed by atoms with Gasteiger partial charge in [-0.15, -0.1) is 0 Å². The summed E-state index contributed by atoms with van der Waals surface area (Å²) in [5.74, 6) is -1.67. The summed E-state index contributed by atoms with van der Waals surface area (Å²) in [6, 6.07) is 7.76. The van der Waals surface area contributed by atoms with E-state index in [0.29, 0.717) is 36.5 Å². The van der Waals surface area contributed by atoms with Gasteiger partial charge < -0.3 is 4.74 Å². The topological polar surface area (TPSA) is 9.23 Å². The number of hydrogen-bond donors (Lipinski definition) is 0. The van der Waals surface area contributed by atoms with E-state index in [0.717, 1.165) is 19.3 Å². The molecule has 1 aliphatic heterocycles. The lowest BCUT2D eigenvalue weighted by Gasteiger charge is -2.30. The van der Waals surface area contributed by atoms with Crippen LogP contribution < -0.4 is 0 Å². The zero-order chi connectivity index (χ0) is 22.2. The minimum absolute atomic E-state index is 0.0870. The van der Waals surface area contributed by atoms with E-state index in [4.69, 9.17) is 4.74 Å². The highest BCUT2D eigenvalue weighted by molar-refractivity contribution is 5.65. The van der Waals surface area contributed by atoms with Gasteiger partial charge in [-0.3, -0.25) is 0 Å². The lowest BCUT2D eigenvalue weighted by atomic mass is 9.90. The summed E-state index contributed by atoms with van der Waals surface area (Å²) in [7, 11) is 0. The molecule has 1 saturated heterocycles. The molecule has 31 heavy (non-hydrogen) atoms. The molecule has 3 rings (SSSR count). The molecule has 170 valence electrons. The van der Waals surface area contributed by atoms with Gasteiger partial charge in [0.25, 0.3) is 0 Å². The molecule has 0 bridgehead atoms. The van der Waals surface area contributed by atoms with Crippen LogP contribution in [0.3, 0.4) is 0 Å². The molecule has 1 aliphatic rings. The van der Waals surface area contributed by atoms with E-state index < -0.39 is 17.7 Å². The Bertz CT molecular complexity index is 841. The average molecular weight is 433 g/mol. The number of hydrogen-bond acceptors (Lipinski definition) is 1. The van der Waals surface area contributed by atoms with Gasteiger partial charge in [-0.05, 0) is 48.8 Å². The van der Waals surface area contributed by atoms with Crippen LogP contribution in [0.5, 0.6) is 0 Å². The molecule has 2 atom stereocenters. The van der Waals surface area contributed by atoms with Gasteiger partial charge in [0.15, 0.2) is 11.6 Å². The summed E-state index contributed by atoms with van der Waals surface area (Å²) >= 11 is 0. The van der Waals surface area contributed by atoms with Crippen LogP contribution >= 0.6 is 0 Å². The number of aryl methyl sites for hydroxylation is 1. The maximum absolute atomic E-state index is 14.9. The van der Waals surface area contributed by atoms with E-state index in [1.54, 1.807) is 24.3 Å². The fourth-order valence-corrected chi connectivity index (χ4v) is 4.54. The van der Waals surface area contributed by atoms with Crippen LogP contribution in [0.4, 0.5) is 13.2 Å². The zero-order valence-electron chi connectivity index (χ0n) is 18.9. The predicted molar refractivity (Wildman–Crippen MR) is 121 cm³/mol. The molecule has 4 heteroatoms. The van der Waals surface area contributed by atoms with Crippen molar-refractivity contribution in [1.29, 1.82) is 0 Å². The van der Waals surface area contributed by atoms with E-state index in [1.807, 2.05) is 6.92 Å². The fourth-order valence-electron chi connectivity index (χ4n) is 4.54. The molecular weight excluding hydrogens is 397 g/mol. The first-order valence-electron chi connectivity index (χ1n) is 11.9. The first-order valence-corrected chi connectivity index (χ1v) is 11.9. The van der Waals surface area contributed by atoms with Gasteiger partial charge in [-0.1, -0.05) is 76.6 Å². The van der Waals surface area contributed by atoms with Gasteiger partial charge in [0.05, 0.1) is 12.7 Å². The van der Waals surface area contributed by atoms with Crippen molar-refractivity contribution in [3.8, 4) is 11.1 Å². The molecule has 0 amide bonds. The standard InChI is InChI=1S/C27H35F3O/c1-3-5-6-7-8-10-19-11-16-25(31-18-19)23-15-14-22(26(29)27(23)30)21-13-12-20(9-4-2)24(28)17-21/h12-15,17,19,25H,3-11,16,18H2,1-2H3. The van der Waals surface area contributed by atoms with E-state index in [2.05, 4.69) is 6.92 Å². The largest absolute Gasteiger partial charge is 0.373 e. The van der Waals surface area contributed by atoms with Gasteiger partial charge in [-0.25, -0.2) is 13.2 Å². The Kier molecular flexibility index (Phi) is 9.01. The van der Waals surface area contributed by atoms with Gasteiger partial charge in [0, 0.05) is 11.1 Å². The van der Waals surface area contributed by atoms with Crippen LogP contribution in [0.15, 0.2) is 30.3 Å². The minimum Gasteiger partial charge on any atom is -0.373 e. The van der Waals surface area contributed by atoms with Crippen LogP contribution in [0, 0.1) is 23.4 Å². The molecular formula is C27H35F3O. The van der Waals surface area contributed by atoms with Gasteiger partial charge in [-0.2, -0.15) is 0 Å². The Balaban J connectivity index is 1.63. The molecule has 1 nitrogen and oxygen atoms in total. The fraction of sp³-hybridized carbons (Fsp3) is 0.556. The van der Waals surface area contributed by atoms with Crippen molar-refractivity contribution in [3.63, 3.8) is 0 Å². The summed E-state index contributed by atoms with van der Waals surface area (Å²) in [6.07, 6.45) is 10.2. The van der Waals surface area contributed by atoms with Crippen molar-refractivity contribution in [2.75, 3.05) is 6.61 Å². The van der Waals surface area contributed by atoms with Gasteiger partial charge in [0.1, 0.15) is 5.82 Å². The maximum atomic E-state index is 14.9. The van der Waals surface area contributed by atoms with E-state index in [-0.39, 0.29) is 16.9 Å². The van der Waals surface area contributed by atoms with Crippen molar-refractivity contribution in [2.24, 2.45) is 5.92 Å². The van der Waals surface area contributed by atoms with Crippen LogP contribution in [0.25, 0.3) is 11.1 Å². The molecule has 2 unspecified atom stereocenters. The summed E-state index contributed by atoms with van der Waals surface area (Å²) in [6.45, 7) is 4.79. The molecule has 2 aromatic carbocycles. The third-order valence-electron chi connectivity index (χ3n) is 6.43. The number of ether oxygens (including phenoxy) is 1. The molecule has 0 radical (unpaired) electrons. The van der Waals surface area contributed by atoms with Crippen LogP contribution in [0.2, 0.25) is 0 Å². The predicted octanol–water partition coefficient (Wildman–Crippen LogP) is 8.55. The smallest absolute Gasteiger partial charge is 0.167 e. The lowest BCUT2D eigenvalue weighted by Crippen LogP contribution is -2.21. The molecule has 0 spiro atoms. The van der Waals surface area contributed by atoms with Crippen molar-refractivity contribution < 1.29 is 17.9 Å². The molecule has 1 heterocycles. The van der Waals surface area contributed by atoms with Crippen LogP contribution in [0.1, 0.15) is 88.9 Å². The van der Waals surface area contributed by atoms with Gasteiger partial charge >= 0.3 is 0 Å². The monoisotopic (exact) mass is 432 g/mol. The Morgan fingerprint density at radius 3 is 2.35 bits per heavy atom. The van der Waals surface area contributed by atoms with Crippen LogP contribution in [-0.4, -0.2) is 6.61 Å². The zero-order valence-corrected chi connectivity index (χ0v) is 18.9. The summed E-state index contributed by atoms with van der Waals surface area (Å²) in [5.41, 5.74) is 1.31. The third kappa shape index (κ3) is 6.12. The van der Waals surface area contributed by atoms with Crippen molar-refractivity contribution >= 4 is 0 Å². The Morgan fingerprint density at radius 1 is 0.871 bits per heavy atom. The molecule has 0 aliphatic carbocycles. The van der Waals surface area contributed by atoms with Crippen molar-refractivity contribution in [1.82, 2.24) is 0 Å².